The molecule has 4 nitrogen and oxygen atoms in total. The van der Waals surface area contributed by atoms with E-state index in [1.165, 1.54) is 11.8 Å². The quantitative estimate of drug-likeness (QED) is 0.578. The van der Waals surface area contributed by atoms with Crippen LogP contribution in [0.2, 0.25) is 15.1 Å². The molecule has 1 saturated heterocycles. The first kappa shape index (κ1) is 18.3. The van der Waals surface area contributed by atoms with E-state index in [1.54, 1.807) is 30.5 Å². The molecule has 1 amide bonds. The highest BCUT2D eigenvalue weighted by Gasteiger charge is 2.31. The fraction of sp³-hybridized carbons (Fsp3) is 0.118. The maximum absolute atomic E-state index is 12.1. The number of rotatable bonds is 4. The molecule has 3 rings (SSSR count). The average Bonchev–Trinajstić information content (AvgIpc) is 2.92. The highest BCUT2D eigenvalue weighted by atomic mass is 35.5. The summed E-state index contributed by atoms with van der Waals surface area (Å²) in [4.78, 5) is 12.1. The van der Waals surface area contributed by atoms with E-state index in [1.807, 2.05) is 18.2 Å². The number of carbonyl (C=O) groups excluding carboxylic acids is 1. The topological polar surface area (TPSA) is 53.8 Å². The molecule has 0 aromatic heterocycles. The summed E-state index contributed by atoms with van der Waals surface area (Å²) in [5.74, 6) is -0.132. The van der Waals surface area contributed by atoms with E-state index in [9.17, 15) is 4.79 Å². The van der Waals surface area contributed by atoms with Crippen LogP contribution in [0, 0.1) is 0 Å². The Morgan fingerprint density at radius 1 is 1.12 bits per heavy atom. The maximum Gasteiger partial charge on any atom is 0.239 e. The molecule has 1 aliphatic heterocycles. The molecule has 1 fully saturated rings. The zero-order chi connectivity index (χ0) is 17.8. The minimum Gasteiger partial charge on any atom is -0.303 e. The minimum absolute atomic E-state index is 0.132. The van der Waals surface area contributed by atoms with Gasteiger partial charge in [-0.25, -0.2) is 0 Å². The van der Waals surface area contributed by atoms with Gasteiger partial charge in [0.25, 0.3) is 0 Å². The van der Waals surface area contributed by atoms with Crippen molar-refractivity contribution in [3.63, 3.8) is 0 Å². The Kier molecular flexibility index (Phi) is 6.02. The van der Waals surface area contributed by atoms with Crippen molar-refractivity contribution in [1.29, 1.82) is 0 Å². The number of amidine groups is 1. The van der Waals surface area contributed by atoms with E-state index < -0.39 is 0 Å². The van der Waals surface area contributed by atoms with Gasteiger partial charge < -0.3 is 5.32 Å². The van der Waals surface area contributed by atoms with Crippen molar-refractivity contribution in [2.75, 3.05) is 0 Å². The molecule has 0 saturated carbocycles. The number of halogens is 3. The van der Waals surface area contributed by atoms with E-state index in [-0.39, 0.29) is 11.2 Å². The SMILES string of the molecule is O=C1N/C(=N\N=C\c2ccccc2Cl)SC1Cc1cc(Cl)ccc1Cl. The first-order chi connectivity index (χ1) is 12.0. The van der Waals surface area contributed by atoms with E-state index >= 15 is 0 Å². The molecule has 1 atom stereocenters. The molecule has 1 unspecified atom stereocenters. The number of nitrogens with one attached hydrogen (secondary N) is 1. The third kappa shape index (κ3) is 4.76. The summed E-state index contributed by atoms with van der Waals surface area (Å²) in [6, 6.07) is 12.5. The highest BCUT2D eigenvalue weighted by Crippen LogP contribution is 2.28. The third-order valence-corrected chi connectivity index (χ3v) is 5.46. The fourth-order valence-electron chi connectivity index (χ4n) is 2.21. The first-order valence-corrected chi connectivity index (χ1v) is 9.31. The van der Waals surface area contributed by atoms with Gasteiger partial charge in [0.1, 0.15) is 0 Å². The summed E-state index contributed by atoms with van der Waals surface area (Å²) < 4.78 is 0. The summed E-state index contributed by atoms with van der Waals surface area (Å²) in [5.41, 5.74) is 1.58. The molecular formula is C17H12Cl3N3OS. The van der Waals surface area contributed by atoms with Gasteiger partial charge in [0.05, 0.1) is 11.5 Å². The minimum atomic E-state index is -0.328. The Morgan fingerprint density at radius 2 is 1.92 bits per heavy atom. The lowest BCUT2D eigenvalue weighted by Crippen LogP contribution is -2.26. The summed E-state index contributed by atoms with van der Waals surface area (Å²) in [6.07, 6.45) is 2.01. The molecule has 0 bridgehead atoms. The van der Waals surface area contributed by atoms with E-state index in [2.05, 4.69) is 15.5 Å². The first-order valence-electron chi connectivity index (χ1n) is 7.30. The lowest BCUT2D eigenvalue weighted by molar-refractivity contribution is -0.118. The second-order valence-electron chi connectivity index (χ2n) is 5.21. The molecule has 25 heavy (non-hydrogen) atoms. The number of hydrogen-bond donors (Lipinski definition) is 1. The molecule has 1 aliphatic rings. The molecular weight excluding hydrogens is 401 g/mol. The highest BCUT2D eigenvalue weighted by molar-refractivity contribution is 8.15. The second-order valence-corrected chi connectivity index (χ2v) is 7.65. The van der Waals surface area contributed by atoms with E-state index in [0.717, 1.165) is 11.1 Å². The van der Waals surface area contributed by atoms with Crippen LogP contribution in [-0.4, -0.2) is 22.5 Å². The van der Waals surface area contributed by atoms with Gasteiger partial charge in [0.15, 0.2) is 5.17 Å². The van der Waals surface area contributed by atoms with Crippen LogP contribution >= 0.6 is 46.6 Å². The van der Waals surface area contributed by atoms with Crippen LogP contribution in [0.25, 0.3) is 0 Å². The van der Waals surface area contributed by atoms with Gasteiger partial charge in [-0.05, 0) is 36.2 Å². The molecule has 1 N–H and O–H groups in total. The van der Waals surface area contributed by atoms with Crippen molar-refractivity contribution in [1.82, 2.24) is 5.32 Å². The van der Waals surface area contributed by atoms with Crippen molar-refractivity contribution in [2.24, 2.45) is 10.2 Å². The molecule has 128 valence electrons. The van der Waals surface area contributed by atoms with Crippen LogP contribution in [0.15, 0.2) is 52.7 Å². The summed E-state index contributed by atoms with van der Waals surface area (Å²) >= 11 is 19.5. The summed E-state index contributed by atoms with van der Waals surface area (Å²) in [6.45, 7) is 0. The molecule has 0 spiro atoms. The van der Waals surface area contributed by atoms with Crippen LogP contribution in [-0.2, 0) is 11.2 Å². The fourth-order valence-corrected chi connectivity index (χ4v) is 3.74. The molecule has 2 aromatic rings. The van der Waals surface area contributed by atoms with Crippen LogP contribution in [0.5, 0.6) is 0 Å². The van der Waals surface area contributed by atoms with E-state index in [0.29, 0.717) is 26.7 Å². The number of benzene rings is 2. The Balaban J connectivity index is 1.68. The normalized spacial score (nSPS) is 18.9. The van der Waals surface area contributed by atoms with Gasteiger partial charge in [0.2, 0.25) is 5.91 Å². The zero-order valence-electron chi connectivity index (χ0n) is 12.7. The third-order valence-electron chi connectivity index (χ3n) is 3.44. The smallest absolute Gasteiger partial charge is 0.239 e. The number of thioether (sulfide) groups is 1. The molecule has 0 radical (unpaired) electrons. The van der Waals surface area contributed by atoms with Gasteiger partial charge in [-0.3, -0.25) is 4.79 Å². The van der Waals surface area contributed by atoms with Crippen LogP contribution < -0.4 is 5.32 Å². The predicted molar refractivity (Wildman–Crippen MR) is 106 cm³/mol. The van der Waals surface area contributed by atoms with Crippen molar-refractivity contribution < 1.29 is 4.79 Å². The summed E-state index contributed by atoms with van der Waals surface area (Å²) in [7, 11) is 0. The largest absolute Gasteiger partial charge is 0.303 e. The Bertz CT molecular complexity index is 870. The van der Waals surface area contributed by atoms with Gasteiger partial charge in [-0.2, -0.15) is 5.10 Å². The predicted octanol–water partition coefficient (Wildman–Crippen LogP) is 4.81. The van der Waals surface area contributed by atoms with Crippen molar-refractivity contribution >= 4 is 63.9 Å². The molecule has 8 heteroatoms. The number of nitrogens with zero attached hydrogens (tertiary/aromatic N) is 2. The van der Waals surface area contributed by atoms with Gasteiger partial charge >= 0.3 is 0 Å². The van der Waals surface area contributed by atoms with Crippen molar-refractivity contribution in [3.05, 3.63) is 68.7 Å². The van der Waals surface area contributed by atoms with Crippen LogP contribution in [0.4, 0.5) is 0 Å². The lowest BCUT2D eigenvalue weighted by Gasteiger charge is -2.07. The Labute approximate surface area is 164 Å². The monoisotopic (exact) mass is 411 g/mol. The molecule has 1 heterocycles. The summed E-state index contributed by atoms with van der Waals surface area (Å²) in [5, 5.41) is 12.6. The maximum atomic E-state index is 12.1. The Hall–Kier alpha value is -1.53. The number of amides is 1. The van der Waals surface area contributed by atoms with Crippen molar-refractivity contribution in [2.45, 2.75) is 11.7 Å². The average molecular weight is 413 g/mol. The van der Waals surface area contributed by atoms with Gasteiger partial charge in [-0.15, -0.1) is 5.10 Å². The van der Waals surface area contributed by atoms with E-state index in [4.69, 9.17) is 34.8 Å². The van der Waals surface area contributed by atoms with Crippen LogP contribution in [0.3, 0.4) is 0 Å². The standard InChI is InChI=1S/C17H12Cl3N3OS/c18-12-5-6-14(20)11(7-12)8-15-16(24)22-17(25-15)23-21-9-10-3-1-2-4-13(10)19/h1-7,9,15H,8H2,(H,22,23,24)/b21-9+. The molecule has 2 aromatic carbocycles. The Morgan fingerprint density at radius 3 is 2.72 bits per heavy atom. The van der Waals surface area contributed by atoms with Gasteiger partial charge in [-0.1, -0.05) is 64.8 Å². The van der Waals surface area contributed by atoms with Gasteiger partial charge in [0, 0.05) is 20.6 Å². The number of carbonyl (C=O) groups is 1. The van der Waals surface area contributed by atoms with Crippen molar-refractivity contribution in [3.8, 4) is 0 Å². The zero-order valence-corrected chi connectivity index (χ0v) is 15.8. The molecule has 0 aliphatic carbocycles. The lowest BCUT2D eigenvalue weighted by atomic mass is 10.1. The van der Waals surface area contributed by atoms with Crippen LogP contribution in [0.1, 0.15) is 11.1 Å². The number of hydrogen-bond acceptors (Lipinski definition) is 4. The second kappa shape index (κ2) is 8.23.